The Labute approximate surface area is 318 Å². The van der Waals surface area contributed by atoms with Crippen LogP contribution in [0.15, 0.2) is 72.8 Å². The van der Waals surface area contributed by atoms with Crippen molar-refractivity contribution in [1.82, 2.24) is 30.1 Å². The molecule has 0 radical (unpaired) electrons. The van der Waals surface area contributed by atoms with Crippen LogP contribution in [0.1, 0.15) is 11.4 Å². The zero-order valence-electron chi connectivity index (χ0n) is 29.0. The summed E-state index contributed by atoms with van der Waals surface area (Å²) in [5, 5.41) is 34.8. The molecule has 3 aromatic heterocycles. The molecular weight excluding hydrogens is 739 g/mol. The van der Waals surface area contributed by atoms with E-state index in [1.54, 1.807) is 58.3 Å². The highest BCUT2D eigenvalue weighted by atomic mass is 32.1. The number of carbonyl (C=O) groups excluding carboxylic acids is 4. The van der Waals surface area contributed by atoms with Crippen molar-refractivity contribution in [3.63, 3.8) is 0 Å². The van der Waals surface area contributed by atoms with Gasteiger partial charge >= 0.3 is 24.2 Å². The molecule has 18 nitrogen and oxygen atoms in total. The minimum atomic E-state index is -1.40. The number of anilines is 1. The first-order chi connectivity index (χ1) is 26.5. The third kappa shape index (κ3) is 10.2. The van der Waals surface area contributed by atoms with E-state index in [0.717, 1.165) is 11.1 Å². The van der Waals surface area contributed by atoms with Crippen molar-refractivity contribution in [1.29, 1.82) is 0 Å². The third-order valence-corrected chi connectivity index (χ3v) is 8.53. The predicted molar refractivity (Wildman–Crippen MR) is 195 cm³/mol. The van der Waals surface area contributed by atoms with Gasteiger partial charge in [-0.1, -0.05) is 24.3 Å². The Morgan fingerprint density at radius 1 is 0.673 bits per heavy atom. The average Bonchev–Trinajstić information content (AvgIpc) is 3.45. The molecule has 0 atom stereocenters. The van der Waals surface area contributed by atoms with Gasteiger partial charge < -0.3 is 44.9 Å². The van der Waals surface area contributed by atoms with Crippen molar-refractivity contribution in [2.75, 3.05) is 51.7 Å². The van der Waals surface area contributed by atoms with E-state index in [0.29, 0.717) is 39.9 Å². The Morgan fingerprint density at radius 2 is 1.16 bits per heavy atom. The highest BCUT2D eigenvalue weighted by Crippen LogP contribution is 2.30. The third-order valence-electron chi connectivity index (χ3n) is 8.33. The number of hydrogen-bond acceptors (Lipinski definition) is 17. The van der Waals surface area contributed by atoms with E-state index >= 15 is 0 Å². The zero-order chi connectivity index (χ0) is 39.0. The van der Waals surface area contributed by atoms with E-state index in [1.807, 2.05) is 24.3 Å². The number of cyclic esters (lactones) is 6. The monoisotopic (exact) mass is 773 g/mol. The van der Waals surface area contributed by atoms with E-state index in [4.69, 9.17) is 36.6 Å². The van der Waals surface area contributed by atoms with E-state index < -0.39 is 49.6 Å². The Balaban J connectivity index is 1.31. The fraction of sp³-hybridized carbons (Fsp3) is 0.278. The van der Waals surface area contributed by atoms with Crippen LogP contribution < -0.4 is 10.6 Å². The molecule has 286 valence electrons. The molecule has 0 bridgehead atoms. The summed E-state index contributed by atoms with van der Waals surface area (Å²) in [5.74, 6) is -1.48. The highest BCUT2D eigenvalue weighted by molar-refractivity contribution is 7.80. The molecule has 55 heavy (non-hydrogen) atoms. The van der Waals surface area contributed by atoms with Crippen molar-refractivity contribution in [2.45, 2.75) is 18.6 Å². The summed E-state index contributed by atoms with van der Waals surface area (Å²) < 4.78 is 19.0. The first-order valence-corrected chi connectivity index (χ1v) is 17.1. The number of hydrogen-bond donors (Lipinski definition) is 5. The molecule has 4 aromatic rings. The Hall–Kier alpha value is -5.96. The number of pyridine rings is 3. The maximum atomic E-state index is 12.0. The fourth-order valence-electron chi connectivity index (χ4n) is 5.51. The Bertz CT molecular complexity index is 1970. The average molecular weight is 774 g/mol. The first kappa shape index (κ1) is 38.8. The summed E-state index contributed by atoms with van der Waals surface area (Å²) in [6, 6.07) is 21.6. The summed E-state index contributed by atoms with van der Waals surface area (Å²) in [5.41, 5.74) is 3.86. The summed E-state index contributed by atoms with van der Waals surface area (Å²) in [7, 11) is 0. The smallest absolute Gasteiger partial charge is 0.418 e. The van der Waals surface area contributed by atoms with E-state index in [9.17, 15) is 34.5 Å². The van der Waals surface area contributed by atoms with Crippen LogP contribution in [0, 0.1) is 0 Å². The number of carbonyl (C=O) groups is 4. The number of thiocarbonyl (C=S) groups is 1. The van der Waals surface area contributed by atoms with Crippen LogP contribution >= 0.6 is 12.2 Å². The van der Waals surface area contributed by atoms with Gasteiger partial charge in [-0.3, -0.25) is 19.4 Å². The van der Waals surface area contributed by atoms with Gasteiger partial charge in [0.1, 0.15) is 32.1 Å². The molecule has 2 saturated heterocycles. The molecule has 0 amide bonds. The number of rotatable bonds is 12. The minimum absolute atomic E-state index is 0.0840. The molecule has 0 saturated carbocycles. The quantitative estimate of drug-likeness (QED) is 0.0784. The van der Waals surface area contributed by atoms with E-state index in [1.165, 1.54) is 0 Å². The molecule has 0 spiro atoms. The molecule has 2 aliphatic heterocycles. The summed E-state index contributed by atoms with van der Waals surface area (Å²) in [6.45, 7) is -1.96. The van der Waals surface area contributed by atoms with Gasteiger partial charge in [-0.25, -0.2) is 24.5 Å². The molecule has 0 unspecified atom stereocenters. The molecule has 0 aliphatic carbocycles. The molecule has 5 heterocycles. The number of aliphatic hydroxyl groups is 3. The lowest BCUT2D eigenvalue weighted by atomic mass is 10.0. The summed E-state index contributed by atoms with van der Waals surface area (Å²) in [4.78, 5) is 64.7. The lowest BCUT2D eigenvalue weighted by Gasteiger charge is -2.30. The molecular formula is C36H35N7O11S. The second-order valence-electron chi connectivity index (χ2n) is 12.5. The van der Waals surface area contributed by atoms with Crippen LogP contribution in [0.3, 0.4) is 0 Å². The molecule has 5 N–H and O–H groups in total. The van der Waals surface area contributed by atoms with Gasteiger partial charge in [0.25, 0.3) is 0 Å². The Kier molecular flexibility index (Phi) is 12.3. The lowest BCUT2D eigenvalue weighted by Crippen LogP contribution is -2.58. The van der Waals surface area contributed by atoms with Gasteiger partial charge in [0, 0.05) is 18.8 Å². The van der Waals surface area contributed by atoms with Crippen molar-refractivity contribution < 1.29 is 53.4 Å². The highest BCUT2D eigenvalue weighted by Gasteiger charge is 2.29. The molecule has 2 fully saturated rings. The van der Waals surface area contributed by atoms with Gasteiger partial charge in [0.05, 0.1) is 54.0 Å². The SMILES string of the molecule is O=C1CN(Cc2cccc(-c3cc(-c4ccc(NC(=S)NC(CO)(CO)CO)cc4)cc(-c4cccc(CN5COC(=O)OC(=O)C5)n4)n3)n2)COC(=O)O1. The van der Waals surface area contributed by atoms with E-state index in [2.05, 4.69) is 20.1 Å². The van der Waals surface area contributed by atoms with Crippen LogP contribution in [0.2, 0.25) is 0 Å². The van der Waals surface area contributed by atoms with Gasteiger partial charge in [0.2, 0.25) is 0 Å². The van der Waals surface area contributed by atoms with Crippen LogP contribution in [0.25, 0.3) is 33.9 Å². The molecule has 1 aromatic carbocycles. The largest absolute Gasteiger partial charge is 0.517 e. The summed E-state index contributed by atoms with van der Waals surface area (Å²) in [6.07, 6.45) is -2.12. The second-order valence-corrected chi connectivity index (χ2v) is 12.9. The number of nitrogens with one attached hydrogen (secondary N) is 2. The molecule has 19 heteroatoms. The van der Waals surface area contributed by atoms with Crippen molar-refractivity contribution in [3.8, 4) is 33.9 Å². The van der Waals surface area contributed by atoms with Gasteiger partial charge in [-0.15, -0.1) is 0 Å². The number of nitrogens with zero attached hydrogens (tertiary/aromatic N) is 5. The normalized spacial score (nSPS) is 15.5. The number of aliphatic hydroxyl groups excluding tert-OH is 3. The fourth-order valence-corrected chi connectivity index (χ4v) is 5.85. The number of benzene rings is 1. The van der Waals surface area contributed by atoms with Gasteiger partial charge in [0.15, 0.2) is 5.11 Å². The number of aromatic nitrogens is 3. The maximum absolute atomic E-state index is 12.0. The second kappa shape index (κ2) is 17.5. The summed E-state index contributed by atoms with van der Waals surface area (Å²) >= 11 is 5.34. The van der Waals surface area contributed by atoms with Crippen molar-refractivity contribution in [2.24, 2.45) is 0 Å². The zero-order valence-corrected chi connectivity index (χ0v) is 29.9. The van der Waals surface area contributed by atoms with Crippen molar-refractivity contribution in [3.05, 3.63) is 84.2 Å². The lowest BCUT2D eigenvalue weighted by molar-refractivity contribution is -0.139. The van der Waals surface area contributed by atoms with Crippen molar-refractivity contribution >= 4 is 47.3 Å². The van der Waals surface area contributed by atoms with Crippen LogP contribution in [-0.2, 0) is 41.6 Å². The van der Waals surface area contributed by atoms with E-state index in [-0.39, 0.29) is 44.8 Å². The topological polar surface area (TPSA) is 235 Å². The number of ether oxygens (including phenoxy) is 4. The van der Waals surface area contributed by atoms with Gasteiger partial charge in [-0.2, -0.15) is 0 Å². The first-order valence-electron chi connectivity index (χ1n) is 16.7. The Morgan fingerprint density at radius 3 is 1.64 bits per heavy atom. The maximum Gasteiger partial charge on any atom is 0.517 e. The van der Waals surface area contributed by atoms with Crippen LogP contribution in [0.4, 0.5) is 15.3 Å². The van der Waals surface area contributed by atoms with Crippen LogP contribution in [0.5, 0.6) is 0 Å². The molecule has 2 aliphatic rings. The molecule has 6 rings (SSSR count). The van der Waals surface area contributed by atoms with Gasteiger partial charge in [-0.05, 0) is 71.9 Å². The van der Waals surface area contributed by atoms with Crippen LogP contribution in [-0.4, -0.2) is 121 Å². The number of esters is 2. The standard InChI is InChI=1S/C36H35N7O11S/c44-17-36(18-45,19-46)41-33(55)39-24-9-7-22(8-10-24)23-11-29(27-5-1-3-25(37-27)13-42-15-31(47)53-34(49)51-20-42)40-30(12-23)28-6-2-4-26(38-28)14-43-16-32(48)54-35(50)52-21-43/h1-12,44-46H,13-21H2,(H2,39,41,55). The minimum Gasteiger partial charge on any atom is -0.418 e. The predicted octanol–water partition coefficient (Wildman–Crippen LogP) is 1.78.